The third-order valence-electron chi connectivity index (χ3n) is 2.76. The van der Waals surface area contributed by atoms with E-state index in [-0.39, 0.29) is 12.1 Å². The number of halogens is 2. The summed E-state index contributed by atoms with van der Waals surface area (Å²) in [6.45, 7) is 0.284. The summed E-state index contributed by atoms with van der Waals surface area (Å²) >= 11 is 7.13. The fourth-order valence-corrected chi connectivity index (χ4v) is 2.88. The second kappa shape index (κ2) is 6.19. The number of nitro groups is 1. The average Bonchev–Trinajstić information content (AvgIpc) is 2.83. The molecule has 0 atom stereocenters. The molecule has 0 saturated carbocycles. The van der Waals surface area contributed by atoms with Gasteiger partial charge in [-0.3, -0.25) is 14.9 Å². The van der Waals surface area contributed by atoms with Crippen LogP contribution in [-0.4, -0.2) is 22.8 Å². The first-order chi connectivity index (χ1) is 9.88. The monoisotopic (exact) mass is 328 g/mol. The highest BCUT2D eigenvalue weighted by atomic mass is 35.5. The molecule has 5 nitrogen and oxygen atoms in total. The maximum atomic E-state index is 13.8. The molecule has 2 rings (SSSR count). The van der Waals surface area contributed by atoms with Crippen LogP contribution in [0.4, 0.5) is 10.1 Å². The van der Waals surface area contributed by atoms with Crippen LogP contribution in [0.2, 0.25) is 4.34 Å². The Hall–Kier alpha value is -1.99. The SMILES string of the molecule is CN(Cc1ccc(Cl)s1)C(=O)c1ccc([N+](=O)[O-])cc1F. The van der Waals surface area contributed by atoms with Gasteiger partial charge < -0.3 is 4.90 Å². The minimum absolute atomic E-state index is 0.203. The largest absolute Gasteiger partial charge is 0.336 e. The third kappa shape index (κ3) is 3.56. The van der Waals surface area contributed by atoms with Crippen molar-refractivity contribution in [2.45, 2.75) is 6.54 Å². The molecule has 1 aromatic heterocycles. The van der Waals surface area contributed by atoms with Crippen molar-refractivity contribution in [2.24, 2.45) is 0 Å². The van der Waals surface area contributed by atoms with Gasteiger partial charge in [-0.15, -0.1) is 11.3 Å². The number of thiophene rings is 1. The van der Waals surface area contributed by atoms with E-state index in [9.17, 15) is 19.3 Å². The molecule has 8 heteroatoms. The lowest BCUT2D eigenvalue weighted by molar-refractivity contribution is -0.385. The predicted octanol–water partition coefficient (Wildman–Crippen LogP) is 3.72. The third-order valence-corrected chi connectivity index (χ3v) is 3.98. The zero-order valence-corrected chi connectivity index (χ0v) is 12.4. The van der Waals surface area contributed by atoms with Gasteiger partial charge in [-0.05, 0) is 18.2 Å². The van der Waals surface area contributed by atoms with Crippen molar-refractivity contribution < 1.29 is 14.1 Å². The smallest absolute Gasteiger partial charge is 0.272 e. The summed E-state index contributed by atoms with van der Waals surface area (Å²) in [6, 6.07) is 6.46. The first-order valence-corrected chi connectivity index (χ1v) is 7.01. The molecule has 0 fully saturated rings. The van der Waals surface area contributed by atoms with Gasteiger partial charge >= 0.3 is 0 Å². The van der Waals surface area contributed by atoms with E-state index in [0.717, 1.165) is 23.1 Å². The van der Waals surface area contributed by atoms with Gasteiger partial charge in [0.2, 0.25) is 0 Å². The molecule has 1 heterocycles. The fourth-order valence-electron chi connectivity index (χ4n) is 1.74. The van der Waals surface area contributed by atoms with Gasteiger partial charge in [-0.25, -0.2) is 4.39 Å². The van der Waals surface area contributed by atoms with Crippen molar-refractivity contribution in [3.05, 3.63) is 61.0 Å². The minimum Gasteiger partial charge on any atom is -0.336 e. The molecule has 1 aromatic carbocycles. The Morgan fingerprint density at radius 3 is 2.67 bits per heavy atom. The van der Waals surface area contributed by atoms with E-state index in [0.29, 0.717) is 4.34 Å². The molecule has 0 bridgehead atoms. The number of rotatable bonds is 4. The van der Waals surface area contributed by atoms with Gasteiger partial charge in [-0.2, -0.15) is 0 Å². The Labute approximate surface area is 128 Å². The summed E-state index contributed by atoms with van der Waals surface area (Å²) in [5.41, 5.74) is -0.595. The van der Waals surface area contributed by atoms with E-state index in [4.69, 9.17) is 11.6 Å². The van der Waals surface area contributed by atoms with Crippen molar-refractivity contribution in [1.29, 1.82) is 0 Å². The molecule has 0 radical (unpaired) electrons. The Balaban J connectivity index is 2.17. The lowest BCUT2D eigenvalue weighted by atomic mass is 10.1. The molecule has 0 unspecified atom stereocenters. The predicted molar refractivity (Wildman–Crippen MR) is 78.2 cm³/mol. The molecule has 0 spiro atoms. The van der Waals surface area contributed by atoms with Crippen LogP contribution >= 0.6 is 22.9 Å². The molecule has 1 amide bonds. The molecule has 0 aliphatic rings. The highest BCUT2D eigenvalue weighted by molar-refractivity contribution is 7.16. The molecular formula is C13H10ClFN2O3S. The fraction of sp³-hybridized carbons (Fsp3) is 0.154. The lowest BCUT2D eigenvalue weighted by Crippen LogP contribution is -2.26. The van der Waals surface area contributed by atoms with Crippen molar-refractivity contribution in [2.75, 3.05) is 7.05 Å². The first-order valence-electron chi connectivity index (χ1n) is 5.82. The van der Waals surface area contributed by atoms with E-state index < -0.39 is 22.3 Å². The van der Waals surface area contributed by atoms with Crippen LogP contribution in [-0.2, 0) is 6.54 Å². The van der Waals surface area contributed by atoms with Crippen molar-refractivity contribution in [1.82, 2.24) is 4.90 Å². The Morgan fingerprint density at radius 1 is 1.43 bits per heavy atom. The van der Waals surface area contributed by atoms with Gasteiger partial charge in [0.25, 0.3) is 11.6 Å². The number of non-ortho nitro benzene ring substituents is 1. The number of benzene rings is 1. The topological polar surface area (TPSA) is 63.5 Å². The van der Waals surface area contributed by atoms with Gasteiger partial charge in [0.05, 0.1) is 27.4 Å². The summed E-state index contributed by atoms with van der Waals surface area (Å²) in [7, 11) is 1.52. The van der Waals surface area contributed by atoms with Gasteiger partial charge in [0.1, 0.15) is 5.82 Å². The first kappa shape index (κ1) is 15.4. The summed E-state index contributed by atoms with van der Waals surface area (Å²) in [6.07, 6.45) is 0. The second-order valence-corrected chi connectivity index (χ2v) is 6.09. The molecule has 110 valence electrons. The van der Waals surface area contributed by atoms with Crippen molar-refractivity contribution in [3.63, 3.8) is 0 Å². The van der Waals surface area contributed by atoms with E-state index in [1.807, 2.05) is 0 Å². The van der Waals surface area contributed by atoms with Gasteiger partial charge in [-0.1, -0.05) is 11.6 Å². The number of hydrogen-bond donors (Lipinski definition) is 0. The van der Waals surface area contributed by atoms with E-state index in [1.165, 1.54) is 23.3 Å². The molecule has 0 aliphatic carbocycles. The Bertz CT molecular complexity index is 704. The summed E-state index contributed by atoms with van der Waals surface area (Å²) in [4.78, 5) is 24.2. The van der Waals surface area contributed by atoms with Crippen LogP contribution in [0.5, 0.6) is 0 Å². The number of carbonyl (C=O) groups excluding carboxylic acids is 1. The van der Waals surface area contributed by atoms with E-state index in [1.54, 1.807) is 12.1 Å². The molecule has 21 heavy (non-hydrogen) atoms. The van der Waals surface area contributed by atoms with Crippen LogP contribution < -0.4 is 0 Å². The number of amides is 1. The average molecular weight is 329 g/mol. The zero-order chi connectivity index (χ0) is 15.6. The zero-order valence-electron chi connectivity index (χ0n) is 10.9. The number of carbonyl (C=O) groups is 1. The summed E-state index contributed by atoms with van der Waals surface area (Å²) in [5, 5.41) is 10.5. The second-order valence-electron chi connectivity index (χ2n) is 4.29. The number of nitrogens with zero attached hydrogens (tertiary/aromatic N) is 2. The molecule has 0 saturated heterocycles. The maximum Gasteiger partial charge on any atom is 0.272 e. The highest BCUT2D eigenvalue weighted by Gasteiger charge is 2.19. The Morgan fingerprint density at radius 2 is 2.14 bits per heavy atom. The summed E-state index contributed by atoms with van der Waals surface area (Å²) in [5.74, 6) is -1.46. The normalized spacial score (nSPS) is 10.4. The summed E-state index contributed by atoms with van der Waals surface area (Å²) < 4.78 is 14.4. The molecule has 0 N–H and O–H groups in total. The van der Waals surface area contributed by atoms with E-state index in [2.05, 4.69) is 0 Å². The highest BCUT2D eigenvalue weighted by Crippen LogP contribution is 2.23. The lowest BCUT2D eigenvalue weighted by Gasteiger charge is -2.16. The van der Waals surface area contributed by atoms with Crippen molar-refractivity contribution in [3.8, 4) is 0 Å². The Kier molecular flexibility index (Phi) is 4.54. The maximum absolute atomic E-state index is 13.8. The van der Waals surface area contributed by atoms with Crippen LogP contribution in [0.15, 0.2) is 30.3 Å². The number of nitro benzene ring substituents is 1. The van der Waals surface area contributed by atoms with Crippen molar-refractivity contribution >= 4 is 34.5 Å². The number of hydrogen-bond acceptors (Lipinski definition) is 4. The quantitative estimate of drug-likeness (QED) is 0.634. The van der Waals surface area contributed by atoms with Crippen LogP contribution in [0.3, 0.4) is 0 Å². The van der Waals surface area contributed by atoms with Crippen LogP contribution in [0.1, 0.15) is 15.2 Å². The van der Waals surface area contributed by atoms with Gasteiger partial charge in [0, 0.05) is 18.0 Å². The molecular weight excluding hydrogens is 319 g/mol. The molecule has 0 aliphatic heterocycles. The minimum atomic E-state index is -0.912. The van der Waals surface area contributed by atoms with Crippen LogP contribution in [0.25, 0.3) is 0 Å². The van der Waals surface area contributed by atoms with Crippen LogP contribution in [0, 0.1) is 15.9 Å². The van der Waals surface area contributed by atoms with E-state index >= 15 is 0 Å². The standard InChI is InChI=1S/C13H10ClFN2O3S/c1-16(7-9-3-5-12(14)21-9)13(18)10-4-2-8(17(19)20)6-11(10)15/h2-6H,7H2,1H3. The van der Waals surface area contributed by atoms with Gasteiger partial charge in [0.15, 0.2) is 0 Å². The molecule has 2 aromatic rings.